The minimum atomic E-state index is -0.286. The molecule has 0 spiro atoms. The lowest BCUT2D eigenvalue weighted by Crippen LogP contribution is -2.35. The SMILES string of the molecule is O=C1CCC2CC1CN2C(=O)OCc1ccccc1. The summed E-state index contributed by atoms with van der Waals surface area (Å²) in [6.45, 7) is 0.832. The zero-order chi connectivity index (χ0) is 13.2. The highest BCUT2D eigenvalue weighted by Gasteiger charge is 2.42. The van der Waals surface area contributed by atoms with Crippen molar-refractivity contribution in [3.05, 3.63) is 35.9 Å². The van der Waals surface area contributed by atoms with Crippen LogP contribution in [0.15, 0.2) is 30.3 Å². The molecule has 19 heavy (non-hydrogen) atoms. The second-order valence-electron chi connectivity index (χ2n) is 5.28. The van der Waals surface area contributed by atoms with Crippen LogP contribution in [-0.4, -0.2) is 29.4 Å². The van der Waals surface area contributed by atoms with E-state index in [1.165, 1.54) is 0 Å². The number of nitrogens with zero attached hydrogens (tertiary/aromatic N) is 1. The van der Waals surface area contributed by atoms with E-state index in [0.717, 1.165) is 18.4 Å². The number of benzene rings is 1. The monoisotopic (exact) mass is 259 g/mol. The number of rotatable bonds is 2. The summed E-state index contributed by atoms with van der Waals surface area (Å²) in [5, 5.41) is 0. The van der Waals surface area contributed by atoms with Gasteiger partial charge in [0.2, 0.25) is 0 Å². The molecule has 4 nitrogen and oxygen atoms in total. The fourth-order valence-corrected chi connectivity index (χ4v) is 2.96. The van der Waals surface area contributed by atoms with Gasteiger partial charge in [-0.05, 0) is 18.4 Å². The van der Waals surface area contributed by atoms with E-state index < -0.39 is 0 Å². The Balaban J connectivity index is 1.58. The standard InChI is InChI=1S/C15H17NO3/c17-14-7-6-13-8-12(14)9-16(13)15(18)19-10-11-4-2-1-3-5-11/h1-5,12-13H,6-10H2. The molecule has 2 unspecified atom stereocenters. The molecular formula is C15H17NO3. The highest BCUT2D eigenvalue weighted by atomic mass is 16.6. The number of ether oxygens (including phenoxy) is 1. The van der Waals surface area contributed by atoms with Gasteiger partial charge in [0, 0.05) is 24.9 Å². The summed E-state index contributed by atoms with van der Waals surface area (Å²) < 4.78 is 5.33. The molecule has 1 aliphatic heterocycles. The first-order chi connectivity index (χ1) is 9.24. The quantitative estimate of drug-likeness (QED) is 0.819. The average molecular weight is 259 g/mol. The molecule has 0 radical (unpaired) electrons. The zero-order valence-corrected chi connectivity index (χ0v) is 10.7. The Labute approximate surface area is 112 Å². The first-order valence-electron chi connectivity index (χ1n) is 6.74. The number of carbonyl (C=O) groups excluding carboxylic acids is 2. The normalized spacial score (nSPS) is 25.5. The summed E-state index contributed by atoms with van der Waals surface area (Å²) in [6.07, 6.45) is 1.93. The van der Waals surface area contributed by atoms with E-state index in [9.17, 15) is 9.59 Å². The maximum Gasteiger partial charge on any atom is 0.410 e. The molecule has 1 aromatic carbocycles. The van der Waals surface area contributed by atoms with Crippen LogP contribution in [0, 0.1) is 5.92 Å². The van der Waals surface area contributed by atoms with Gasteiger partial charge in [-0.1, -0.05) is 30.3 Å². The van der Waals surface area contributed by atoms with E-state index in [-0.39, 0.29) is 18.1 Å². The zero-order valence-electron chi connectivity index (χ0n) is 10.7. The summed E-state index contributed by atoms with van der Waals surface area (Å²) in [5.74, 6) is 0.345. The van der Waals surface area contributed by atoms with Gasteiger partial charge in [-0.25, -0.2) is 4.79 Å². The molecule has 2 atom stereocenters. The van der Waals surface area contributed by atoms with Crippen molar-refractivity contribution in [2.45, 2.75) is 31.9 Å². The second kappa shape index (κ2) is 5.03. The van der Waals surface area contributed by atoms with E-state index in [0.29, 0.717) is 25.4 Å². The van der Waals surface area contributed by atoms with Gasteiger partial charge in [0.1, 0.15) is 12.4 Å². The largest absolute Gasteiger partial charge is 0.445 e. The summed E-state index contributed by atoms with van der Waals surface area (Å²) in [4.78, 5) is 25.4. The molecule has 100 valence electrons. The van der Waals surface area contributed by atoms with Crippen LogP contribution >= 0.6 is 0 Å². The Morgan fingerprint density at radius 3 is 2.84 bits per heavy atom. The van der Waals surface area contributed by atoms with Crippen molar-refractivity contribution in [1.82, 2.24) is 4.90 Å². The van der Waals surface area contributed by atoms with Crippen molar-refractivity contribution in [3.8, 4) is 0 Å². The number of hydrogen-bond donors (Lipinski definition) is 0. The summed E-state index contributed by atoms with van der Waals surface area (Å²) in [7, 11) is 0. The first kappa shape index (κ1) is 12.2. The lowest BCUT2D eigenvalue weighted by Gasteiger charge is -2.23. The van der Waals surface area contributed by atoms with Crippen LogP contribution in [0.5, 0.6) is 0 Å². The molecule has 1 aromatic rings. The third-order valence-electron chi connectivity index (χ3n) is 4.03. The minimum absolute atomic E-state index is 0.0445. The van der Waals surface area contributed by atoms with Crippen molar-refractivity contribution < 1.29 is 14.3 Å². The smallest absolute Gasteiger partial charge is 0.410 e. The van der Waals surface area contributed by atoms with E-state index in [1.807, 2.05) is 30.3 Å². The topological polar surface area (TPSA) is 46.6 Å². The van der Waals surface area contributed by atoms with Crippen LogP contribution < -0.4 is 0 Å². The van der Waals surface area contributed by atoms with Gasteiger partial charge in [0.15, 0.2) is 0 Å². The Hall–Kier alpha value is -1.84. The molecule has 2 bridgehead atoms. The Morgan fingerprint density at radius 1 is 1.32 bits per heavy atom. The number of fused-ring (bicyclic) bond motifs is 2. The molecule has 1 saturated carbocycles. The summed E-state index contributed by atoms with van der Waals surface area (Å²) in [6, 6.07) is 9.83. The molecule has 2 aliphatic rings. The van der Waals surface area contributed by atoms with Crippen molar-refractivity contribution in [1.29, 1.82) is 0 Å². The highest BCUT2D eigenvalue weighted by molar-refractivity contribution is 5.84. The Morgan fingerprint density at radius 2 is 2.11 bits per heavy atom. The van der Waals surface area contributed by atoms with Crippen LogP contribution in [0.4, 0.5) is 4.79 Å². The maximum atomic E-state index is 12.1. The van der Waals surface area contributed by atoms with E-state index >= 15 is 0 Å². The molecule has 0 aromatic heterocycles. The lowest BCUT2D eigenvalue weighted by molar-refractivity contribution is -0.123. The number of ketones is 1. The van der Waals surface area contributed by atoms with Gasteiger partial charge in [-0.3, -0.25) is 4.79 Å². The van der Waals surface area contributed by atoms with E-state index in [1.54, 1.807) is 4.90 Å². The first-order valence-corrected chi connectivity index (χ1v) is 6.74. The lowest BCUT2D eigenvalue weighted by atomic mass is 9.89. The molecule has 1 heterocycles. The molecule has 4 heteroatoms. The third kappa shape index (κ3) is 2.48. The fraction of sp³-hybridized carbons (Fsp3) is 0.467. The van der Waals surface area contributed by atoms with Crippen LogP contribution in [0.1, 0.15) is 24.8 Å². The number of likely N-dealkylation sites (tertiary alicyclic amines) is 1. The van der Waals surface area contributed by atoms with Crippen molar-refractivity contribution in [3.63, 3.8) is 0 Å². The highest BCUT2D eigenvalue weighted by Crippen LogP contribution is 2.33. The second-order valence-corrected chi connectivity index (χ2v) is 5.28. The molecule has 3 rings (SSSR count). The molecule has 1 saturated heterocycles. The van der Waals surface area contributed by atoms with Crippen molar-refractivity contribution >= 4 is 11.9 Å². The van der Waals surface area contributed by atoms with Crippen molar-refractivity contribution in [2.75, 3.05) is 6.54 Å². The van der Waals surface area contributed by atoms with Crippen LogP contribution in [0.25, 0.3) is 0 Å². The predicted molar refractivity (Wildman–Crippen MR) is 69.5 cm³/mol. The summed E-state index contributed by atoms with van der Waals surface area (Å²) >= 11 is 0. The average Bonchev–Trinajstić information content (AvgIpc) is 2.81. The van der Waals surface area contributed by atoms with E-state index in [4.69, 9.17) is 4.74 Å². The third-order valence-corrected chi connectivity index (χ3v) is 4.03. The molecule has 2 fully saturated rings. The van der Waals surface area contributed by atoms with Gasteiger partial charge in [-0.15, -0.1) is 0 Å². The van der Waals surface area contributed by atoms with Crippen LogP contribution in [0.3, 0.4) is 0 Å². The van der Waals surface area contributed by atoms with E-state index in [2.05, 4.69) is 0 Å². The fourth-order valence-electron chi connectivity index (χ4n) is 2.96. The van der Waals surface area contributed by atoms with Gasteiger partial charge in [0.25, 0.3) is 0 Å². The molecule has 0 N–H and O–H groups in total. The number of amides is 1. The Kier molecular flexibility index (Phi) is 3.23. The number of hydrogen-bond acceptors (Lipinski definition) is 3. The van der Waals surface area contributed by atoms with Crippen molar-refractivity contribution in [2.24, 2.45) is 5.92 Å². The minimum Gasteiger partial charge on any atom is -0.445 e. The van der Waals surface area contributed by atoms with Gasteiger partial charge < -0.3 is 9.64 Å². The summed E-state index contributed by atoms with van der Waals surface area (Å²) in [5.41, 5.74) is 0.981. The van der Waals surface area contributed by atoms with Crippen LogP contribution in [-0.2, 0) is 16.1 Å². The predicted octanol–water partition coefficient (Wildman–Crippen LogP) is 2.38. The van der Waals surface area contributed by atoms with Gasteiger partial charge >= 0.3 is 6.09 Å². The van der Waals surface area contributed by atoms with Gasteiger partial charge in [-0.2, -0.15) is 0 Å². The number of Topliss-reactive ketones (excluding diaryl/α,β-unsaturated/α-hetero) is 1. The van der Waals surface area contributed by atoms with Gasteiger partial charge in [0.05, 0.1) is 0 Å². The number of carbonyl (C=O) groups is 2. The maximum absolute atomic E-state index is 12.1. The Bertz CT molecular complexity index is 485. The molecule has 1 aliphatic carbocycles. The van der Waals surface area contributed by atoms with Crippen LogP contribution in [0.2, 0.25) is 0 Å². The molecular weight excluding hydrogens is 242 g/mol. The molecule has 1 amide bonds.